The molecule has 0 aliphatic rings. The van der Waals surface area contributed by atoms with E-state index in [1.807, 2.05) is 12.1 Å². The van der Waals surface area contributed by atoms with Gasteiger partial charge in [0, 0.05) is 28.7 Å². The Kier molecular flexibility index (Phi) is 3.55. The Morgan fingerprint density at radius 1 is 1.32 bits per heavy atom. The fraction of sp³-hybridized carbons (Fsp3) is 0.286. The van der Waals surface area contributed by atoms with Crippen molar-refractivity contribution in [1.29, 1.82) is 0 Å². The Morgan fingerprint density at radius 3 is 2.68 bits per heavy atom. The molecule has 0 spiro atoms. The number of fused-ring (bicyclic) bond motifs is 1. The number of rotatable bonds is 4. The van der Waals surface area contributed by atoms with Gasteiger partial charge in [-0.25, -0.2) is 0 Å². The second kappa shape index (κ2) is 5.14. The van der Waals surface area contributed by atoms with Gasteiger partial charge in [-0.2, -0.15) is 0 Å². The maximum absolute atomic E-state index is 12.3. The van der Waals surface area contributed by atoms with Crippen molar-refractivity contribution >= 4 is 22.8 Å². The van der Waals surface area contributed by atoms with Gasteiger partial charge in [0.15, 0.2) is 0 Å². The summed E-state index contributed by atoms with van der Waals surface area (Å²) < 4.78 is 0. The fourth-order valence-electron chi connectivity index (χ4n) is 1.99. The molecule has 0 unspecified atom stereocenters. The number of carboxylic acid groups (broad SMARTS) is 1. The summed E-state index contributed by atoms with van der Waals surface area (Å²) in [5.41, 5.74) is 1.45. The van der Waals surface area contributed by atoms with Crippen LogP contribution in [-0.2, 0) is 4.79 Å². The number of H-pyrrole nitrogens is 1. The molecule has 1 amide bonds. The minimum atomic E-state index is -1.01. The van der Waals surface area contributed by atoms with Crippen LogP contribution in [0.3, 0.4) is 0 Å². The summed E-state index contributed by atoms with van der Waals surface area (Å²) in [5, 5.41) is 9.80. The van der Waals surface area contributed by atoms with Crippen LogP contribution in [0.2, 0.25) is 0 Å². The molecule has 2 N–H and O–H groups in total. The number of hydrogen-bond acceptors (Lipinski definition) is 2. The van der Waals surface area contributed by atoms with E-state index in [1.165, 1.54) is 4.90 Å². The van der Waals surface area contributed by atoms with Crippen molar-refractivity contribution in [1.82, 2.24) is 9.88 Å². The van der Waals surface area contributed by atoms with Gasteiger partial charge in [-0.3, -0.25) is 9.59 Å². The van der Waals surface area contributed by atoms with E-state index in [2.05, 4.69) is 4.98 Å². The summed E-state index contributed by atoms with van der Waals surface area (Å²) >= 11 is 0. The van der Waals surface area contributed by atoms with Crippen LogP contribution in [0, 0.1) is 0 Å². The first kappa shape index (κ1) is 13.1. The van der Waals surface area contributed by atoms with E-state index in [-0.39, 0.29) is 18.5 Å². The maximum Gasteiger partial charge on any atom is 0.323 e. The van der Waals surface area contributed by atoms with Gasteiger partial charge in [-0.05, 0) is 38.1 Å². The molecule has 1 aromatic carbocycles. The van der Waals surface area contributed by atoms with Crippen molar-refractivity contribution in [2.75, 3.05) is 6.54 Å². The molecule has 5 nitrogen and oxygen atoms in total. The number of aliphatic carboxylic acids is 1. The van der Waals surface area contributed by atoms with Crippen molar-refractivity contribution < 1.29 is 14.7 Å². The van der Waals surface area contributed by atoms with E-state index in [0.29, 0.717) is 5.56 Å². The van der Waals surface area contributed by atoms with Crippen LogP contribution >= 0.6 is 0 Å². The van der Waals surface area contributed by atoms with Gasteiger partial charge in [0.2, 0.25) is 0 Å². The van der Waals surface area contributed by atoms with Crippen molar-refractivity contribution in [2.45, 2.75) is 19.9 Å². The molecule has 0 aliphatic carbocycles. The van der Waals surface area contributed by atoms with E-state index in [1.54, 1.807) is 32.2 Å². The predicted molar refractivity (Wildman–Crippen MR) is 72.1 cm³/mol. The lowest BCUT2D eigenvalue weighted by molar-refractivity contribution is -0.138. The molecule has 0 aliphatic heterocycles. The van der Waals surface area contributed by atoms with Crippen LogP contribution in [0.5, 0.6) is 0 Å². The highest BCUT2D eigenvalue weighted by molar-refractivity contribution is 5.99. The van der Waals surface area contributed by atoms with Crippen LogP contribution in [0.25, 0.3) is 10.9 Å². The molecule has 0 saturated heterocycles. The maximum atomic E-state index is 12.3. The first-order valence-corrected chi connectivity index (χ1v) is 6.09. The number of carbonyl (C=O) groups excluding carboxylic acids is 1. The third-order valence-electron chi connectivity index (χ3n) is 2.99. The third-order valence-corrected chi connectivity index (χ3v) is 2.99. The van der Waals surface area contributed by atoms with Gasteiger partial charge >= 0.3 is 5.97 Å². The SMILES string of the molecule is CC(C)N(CC(=O)O)C(=O)c1ccc2[nH]ccc2c1. The number of carbonyl (C=O) groups is 2. The number of carboxylic acids is 1. The van der Waals surface area contributed by atoms with Crippen LogP contribution in [-0.4, -0.2) is 39.5 Å². The molecule has 0 atom stereocenters. The Balaban J connectivity index is 2.32. The number of nitrogens with zero attached hydrogens (tertiary/aromatic N) is 1. The zero-order valence-corrected chi connectivity index (χ0v) is 10.9. The van der Waals surface area contributed by atoms with E-state index in [0.717, 1.165) is 10.9 Å². The number of amides is 1. The predicted octanol–water partition coefficient (Wildman–Crippen LogP) is 2.10. The quantitative estimate of drug-likeness (QED) is 0.884. The summed E-state index contributed by atoms with van der Waals surface area (Å²) in [6, 6.07) is 7.01. The average molecular weight is 260 g/mol. The molecule has 2 aromatic rings. The van der Waals surface area contributed by atoms with Crippen LogP contribution in [0.15, 0.2) is 30.5 Å². The Bertz CT molecular complexity index is 616. The van der Waals surface area contributed by atoms with E-state index in [4.69, 9.17) is 5.11 Å². The number of benzene rings is 1. The molecule has 1 heterocycles. The van der Waals surface area contributed by atoms with Gasteiger partial charge < -0.3 is 15.0 Å². The van der Waals surface area contributed by atoms with Gasteiger partial charge in [-0.15, -0.1) is 0 Å². The topological polar surface area (TPSA) is 73.4 Å². The summed E-state index contributed by atoms with van der Waals surface area (Å²) in [6.45, 7) is 3.31. The number of nitrogens with one attached hydrogen (secondary N) is 1. The molecule has 0 saturated carbocycles. The second-order valence-corrected chi connectivity index (χ2v) is 4.70. The number of aromatic nitrogens is 1. The largest absolute Gasteiger partial charge is 0.480 e. The molecular weight excluding hydrogens is 244 g/mol. The summed E-state index contributed by atoms with van der Waals surface area (Å²) in [4.78, 5) is 27.6. The monoisotopic (exact) mass is 260 g/mol. The summed E-state index contributed by atoms with van der Waals surface area (Å²) in [7, 11) is 0. The van der Waals surface area contributed by atoms with Gasteiger partial charge in [0.1, 0.15) is 6.54 Å². The molecule has 2 rings (SSSR count). The standard InChI is InChI=1S/C14H16N2O3/c1-9(2)16(8-13(17)18)14(19)11-3-4-12-10(7-11)5-6-15-12/h3-7,9,15H,8H2,1-2H3,(H,17,18). The number of aromatic amines is 1. The fourth-order valence-corrected chi connectivity index (χ4v) is 1.99. The van der Waals surface area contributed by atoms with Crippen LogP contribution in [0.4, 0.5) is 0 Å². The molecule has 19 heavy (non-hydrogen) atoms. The normalized spacial score (nSPS) is 10.9. The highest BCUT2D eigenvalue weighted by Gasteiger charge is 2.21. The van der Waals surface area contributed by atoms with E-state index < -0.39 is 5.97 Å². The van der Waals surface area contributed by atoms with E-state index in [9.17, 15) is 9.59 Å². The lowest BCUT2D eigenvalue weighted by atomic mass is 10.1. The lowest BCUT2D eigenvalue weighted by Crippen LogP contribution is -2.40. The van der Waals surface area contributed by atoms with Crippen molar-refractivity contribution in [2.24, 2.45) is 0 Å². The first-order chi connectivity index (χ1) is 8.99. The summed E-state index contributed by atoms with van der Waals surface area (Å²) in [5.74, 6) is -1.27. The Hall–Kier alpha value is -2.30. The smallest absolute Gasteiger partial charge is 0.323 e. The lowest BCUT2D eigenvalue weighted by Gasteiger charge is -2.24. The van der Waals surface area contributed by atoms with Gasteiger partial charge in [0.05, 0.1) is 0 Å². The van der Waals surface area contributed by atoms with Crippen molar-refractivity contribution in [3.8, 4) is 0 Å². The molecular formula is C14H16N2O3. The van der Waals surface area contributed by atoms with Crippen LogP contribution in [0.1, 0.15) is 24.2 Å². The molecule has 1 aromatic heterocycles. The zero-order valence-electron chi connectivity index (χ0n) is 10.9. The second-order valence-electron chi connectivity index (χ2n) is 4.70. The van der Waals surface area contributed by atoms with Crippen LogP contribution < -0.4 is 0 Å². The molecule has 100 valence electrons. The molecule has 0 bridgehead atoms. The number of hydrogen-bond donors (Lipinski definition) is 2. The Labute approximate surface area is 110 Å². The van der Waals surface area contributed by atoms with Crippen molar-refractivity contribution in [3.63, 3.8) is 0 Å². The molecule has 0 radical (unpaired) electrons. The minimum Gasteiger partial charge on any atom is -0.480 e. The third kappa shape index (κ3) is 2.76. The first-order valence-electron chi connectivity index (χ1n) is 6.09. The van der Waals surface area contributed by atoms with Gasteiger partial charge in [-0.1, -0.05) is 0 Å². The Morgan fingerprint density at radius 2 is 2.05 bits per heavy atom. The van der Waals surface area contributed by atoms with E-state index >= 15 is 0 Å². The highest BCUT2D eigenvalue weighted by atomic mass is 16.4. The summed E-state index contributed by atoms with van der Waals surface area (Å²) in [6.07, 6.45) is 1.80. The molecule has 0 fully saturated rings. The van der Waals surface area contributed by atoms with Gasteiger partial charge in [0.25, 0.3) is 5.91 Å². The minimum absolute atomic E-state index is 0.162. The zero-order chi connectivity index (χ0) is 14.0. The molecule has 5 heteroatoms. The van der Waals surface area contributed by atoms with Crippen molar-refractivity contribution in [3.05, 3.63) is 36.0 Å². The highest BCUT2D eigenvalue weighted by Crippen LogP contribution is 2.16. The average Bonchev–Trinajstić information content (AvgIpc) is 2.81.